The van der Waals surface area contributed by atoms with Gasteiger partial charge in [0.1, 0.15) is 11.6 Å². The number of hydrogen-bond donors (Lipinski definition) is 1. The molecule has 5 heterocycles. The van der Waals surface area contributed by atoms with Crippen molar-refractivity contribution in [3.63, 3.8) is 0 Å². The molecular formula is C64H60BN4OPt-. The first-order valence-electron chi connectivity index (χ1n) is 24.9. The first-order valence-corrected chi connectivity index (χ1v) is 24.9. The van der Waals surface area contributed by atoms with Crippen LogP contribution in [0.4, 0.5) is 0 Å². The van der Waals surface area contributed by atoms with Crippen LogP contribution in [0.3, 0.4) is 0 Å². The second kappa shape index (κ2) is 16.0. The molecule has 71 heavy (non-hydrogen) atoms. The summed E-state index contributed by atoms with van der Waals surface area (Å²) < 4.78 is 5.06. The summed E-state index contributed by atoms with van der Waals surface area (Å²) in [6.45, 7) is 27.0. The van der Waals surface area contributed by atoms with E-state index in [4.69, 9.17) is 9.97 Å². The number of hydrogen-bond acceptors (Lipinski definition) is 3. The number of phenolic OH excluding ortho intramolecular Hbond substituents is 1. The minimum Gasteiger partial charge on any atom is -0.507 e. The molecule has 356 valence electrons. The number of aromatic nitrogens is 4. The maximum Gasteiger partial charge on any atom is 0.331 e. The van der Waals surface area contributed by atoms with Gasteiger partial charge < -0.3 is 9.58 Å². The van der Waals surface area contributed by atoms with Gasteiger partial charge in [0, 0.05) is 48.5 Å². The van der Waals surface area contributed by atoms with E-state index in [1.807, 2.05) is 6.07 Å². The summed E-state index contributed by atoms with van der Waals surface area (Å²) in [5.74, 6) is 0.981. The summed E-state index contributed by atoms with van der Waals surface area (Å²) in [6, 6.07) is 54.4. The van der Waals surface area contributed by atoms with Crippen molar-refractivity contribution in [1.82, 2.24) is 19.0 Å². The van der Waals surface area contributed by atoms with E-state index in [-0.39, 0.29) is 55.3 Å². The van der Waals surface area contributed by atoms with Crippen molar-refractivity contribution in [2.75, 3.05) is 0 Å². The third-order valence-electron chi connectivity index (χ3n) is 15.1. The van der Waals surface area contributed by atoms with Crippen LogP contribution in [0.25, 0.3) is 94.7 Å². The van der Waals surface area contributed by atoms with E-state index in [1.165, 1.54) is 55.0 Å². The van der Waals surface area contributed by atoms with Crippen LogP contribution in [0.15, 0.2) is 140 Å². The van der Waals surface area contributed by atoms with E-state index in [9.17, 15) is 5.11 Å². The molecule has 0 aliphatic carbocycles. The minimum atomic E-state index is -0.347. The number of rotatable bonds is 4. The number of para-hydroxylation sites is 1. The largest absolute Gasteiger partial charge is 0.507 e. The molecule has 0 amide bonds. The summed E-state index contributed by atoms with van der Waals surface area (Å²) in [5.41, 5.74) is 20.4. The van der Waals surface area contributed by atoms with Crippen LogP contribution >= 0.6 is 0 Å². The van der Waals surface area contributed by atoms with E-state index >= 15 is 0 Å². The Morgan fingerprint density at radius 1 is 0.535 bits per heavy atom. The standard InChI is InChI=1S/C64H60BN4O.Pt/c1-61(2,3)40-32-46(59(70)48(33-40)64(10,11)12)60-67-56-45(51-35-41(62(4,5)6)34-50(66-51)39-24-20-23-38(31-39)37-21-14-13-15-22-37)36-44-42-25-16-18-27-49(42)65-55(44)58(56)68(60)53-30-29-47(63(7,8)9)54-43-26-17-19-28-52(43)69(65)57(53)54;/h13-23,25-36,70H,1-12H3;/q-1;. The number of fused-ring (bicyclic) bond motifs is 8. The molecule has 0 bridgehead atoms. The molecule has 0 unspecified atom stereocenters. The maximum atomic E-state index is 12.9. The summed E-state index contributed by atoms with van der Waals surface area (Å²) in [4.78, 5) is 11.6. The van der Waals surface area contributed by atoms with Crippen LogP contribution in [-0.4, -0.2) is 31.0 Å². The van der Waals surface area contributed by atoms with Crippen LogP contribution in [0.1, 0.15) is 105 Å². The summed E-state index contributed by atoms with van der Waals surface area (Å²) >= 11 is 0. The van der Waals surface area contributed by atoms with Crippen molar-refractivity contribution in [2.45, 2.75) is 105 Å². The Morgan fingerprint density at radius 2 is 1.20 bits per heavy atom. The van der Waals surface area contributed by atoms with Crippen molar-refractivity contribution in [3.8, 4) is 67.6 Å². The van der Waals surface area contributed by atoms with Crippen LogP contribution < -0.4 is 10.9 Å². The normalized spacial score (nSPS) is 13.3. The van der Waals surface area contributed by atoms with Gasteiger partial charge in [-0.1, -0.05) is 174 Å². The number of imidazole rings is 1. The predicted molar refractivity (Wildman–Crippen MR) is 295 cm³/mol. The van der Waals surface area contributed by atoms with Gasteiger partial charge in [-0.3, -0.25) is 9.55 Å². The van der Waals surface area contributed by atoms with Crippen LogP contribution in [0, 0.1) is 6.07 Å². The Hall–Kier alpha value is -6.49. The van der Waals surface area contributed by atoms with Crippen molar-refractivity contribution >= 4 is 50.6 Å². The van der Waals surface area contributed by atoms with Crippen LogP contribution in [0.5, 0.6) is 5.75 Å². The van der Waals surface area contributed by atoms with Crippen molar-refractivity contribution in [1.29, 1.82) is 0 Å². The van der Waals surface area contributed by atoms with Crippen LogP contribution in [0.2, 0.25) is 0 Å². The molecule has 0 saturated heterocycles. The molecule has 12 rings (SSSR count). The zero-order chi connectivity index (χ0) is 49.0. The molecule has 0 spiro atoms. The maximum absolute atomic E-state index is 12.9. The fourth-order valence-electron chi connectivity index (χ4n) is 11.4. The number of pyridine rings is 1. The van der Waals surface area contributed by atoms with E-state index in [0.717, 1.165) is 67.1 Å². The Kier molecular flexibility index (Phi) is 10.6. The van der Waals surface area contributed by atoms with Gasteiger partial charge in [0.25, 0.3) is 0 Å². The SMILES string of the molecule is CC(C)(C)c1cc(-c2[c-]ccc(-c3ccccc3)c2)nc(-c2cc3c4c5c2nc(-c2cc(C(C)(C)C)cc(C(C)(C)C)c2O)n5-c2ccc(C(C)(C)C)c5c6ccccc6n(c25)B4c2ccccc2-3)c1.[Pt]. The van der Waals surface area contributed by atoms with E-state index in [2.05, 4.69) is 232 Å². The predicted octanol–water partition coefficient (Wildman–Crippen LogP) is 14.8. The second-order valence-electron chi connectivity index (χ2n) is 24.0. The molecule has 0 saturated carbocycles. The number of benzene rings is 7. The van der Waals surface area contributed by atoms with Gasteiger partial charge in [-0.2, -0.15) is 0 Å². The Labute approximate surface area is 433 Å². The molecule has 7 aromatic carbocycles. The molecular weight excluding hydrogens is 1050 g/mol. The summed E-state index contributed by atoms with van der Waals surface area (Å²) in [5, 5.41) is 15.4. The first-order chi connectivity index (χ1) is 33.2. The minimum absolute atomic E-state index is 0. The van der Waals surface area contributed by atoms with Gasteiger partial charge in [-0.15, -0.1) is 35.4 Å². The van der Waals surface area contributed by atoms with Crippen molar-refractivity contribution in [3.05, 3.63) is 168 Å². The third-order valence-corrected chi connectivity index (χ3v) is 15.1. The quantitative estimate of drug-likeness (QED) is 0.141. The van der Waals surface area contributed by atoms with E-state index in [1.54, 1.807) is 0 Å². The molecule has 2 aliphatic heterocycles. The van der Waals surface area contributed by atoms with Gasteiger partial charge in [-0.05, 0) is 102 Å². The number of aromatic hydroxyl groups is 1. The number of phenols is 1. The second-order valence-corrected chi connectivity index (χ2v) is 24.0. The molecule has 3 aromatic heterocycles. The van der Waals surface area contributed by atoms with Gasteiger partial charge in [0.05, 0.1) is 33.5 Å². The summed E-state index contributed by atoms with van der Waals surface area (Å²) in [6.07, 6.45) is 0. The fourth-order valence-corrected chi connectivity index (χ4v) is 11.4. The Morgan fingerprint density at radius 3 is 1.92 bits per heavy atom. The fraction of sp³-hybridized carbons (Fsp3) is 0.250. The smallest absolute Gasteiger partial charge is 0.331 e. The Balaban J connectivity index is 0.00000547. The van der Waals surface area contributed by atoms with Gasteiger partial charge in [-0.25, -0.2) is 4.98 Å². The van der Waals surface area contributed by atoms with Crippen molar-refractivity contribution < 1.29 is 26.2 Å². The topological polar surface area (TPSA) is 55.9 Å². The van der Waals surface area contributed by atoms with Gasteiger partial charge in [0.15, 0.2) is 0 Å². The van der Waals surface area contributed by atoms with Crippen LogP contribution in [-0.2, 0) is 42.7 Å². The zero-order valence-electron chi connectivity index (χ0n) is 42.9. The molecule has 10 aromatic rings. The summed E-state index contributed by atoms with van der Waals surface area (Å²) in [7, 11) is 0. The molecule has 7 heteroatoms. The first kappa shape index (κ1) is 46.9. The van der Waals surface area contributed by atoms with E-state index in [0.29, 0.717) is 5.82 Å². The number of nitrogens with zero attached hydrogens (tertiary/aromatic N) is 4. The zero-order valence-corrected chi connectivity index (χ0v) is 45.2. The molecule has 0 atom stereocenters. The molecule has 2 aliphatic rings. The van der Waals surface area contributed by atoms with E-state index < -0.39 is 0 Å². The average Bonchev–Trinajstić information content (AvgIpc) is 3.95. The molecule has 1 N–H and O–H groups in total. The van der Waals surface area contributed by atoms with Gasteiger partial charge in [0.2, 0.25) is 0 Å². The third kappa shape index (κ3) is 7.21. The molecule has 0 radical (unpaired) electrons. The Bertz CT molecular complexity index is 3830. The monoisotopic (exact) mass is 1110 g/mol. The van der Waals surface area contributed by atoms with Gasteiger partial charge >= 0.3 is 6.85 Å². The van der Waals surface area contributed by atoms with Crippen molar-refractivity contribution in [2.24, 2.45) is 0 Å². The molecule has 0 fully saturated rings. The average molecular weight is 1110 g/mol. The molecule has 5 nitrogen and oxygen atoms in total.